The minimum atomic E-state index is -0.585. The summed E-state index contributed by atoms with van der Waals surface area (Å²) in [5, 5.41) is 0. The zero-order chi connectivity index (χ0) is 22.1. The van der Waals surface area contributed by atoms with Gasteiger partial charge in [-0.15, -0.1) is 0 Å². The van der Waals surface area contributed by atoms with Gasteiger partial charge >= 0.3 is 0 Å². The fourth-order valence-electron chi connectivity index (χ4n) is 3.97. The Labute approximate surface area is 177 Å². The fourth-order valence-corrected chi connectivity index (χ4v) is 3.97. The number of anilines is 1. The minimum Gasteiger partial charge on any atom is -0.493 e. The number of nitrogens with zero attached hydrogens (tertiary/aromatic N) is 1. The van der Waals surface area contributed by atoms with Crippen molar-refractivity contribution in [2.75, 3.05) is 39.9 Å². The van der Waals surface area contributed by atoms with E-state index in [9.17, 15) is 4.79 Å². The van der Waals surface area contributed by atoms with Crippen LogP contribution in [-0.2, 0) is 4.79 Å². The highest BCUT2D eigenvalue weighted by molar-refractivity contribution is 6.06. The molecule has 0 aliphatic carbocycles. The lowest BCUT2D eigenvalue weighted by Gasteiger charge is -2.53. The molecule has 0 unspecified atom stereocenters. The molecule has 1 atom stereocenters. The number of hydrogen-bond acceptors (Lipinski definition) is 6. The summed E-state index contributed by atoms with van der Waals surface area (Å²) in [7, 11) is 6.26. The number of amides is 1. The average molecular weight is 415 g/mol. The maximum Gasteiger partial charge on any atom is 0.235 e. The van der Waals surface area contributed by atoms with Gasteiger partial charge in [0, 0.05) is 12.1 Å². The van der Waals surface area contributed by atoms with Gasteiger partial charge < -0.3 is 28.6 Å². The zero-order valence-electron chi connectivity index (χ0n) is 18.6. The molecule has 1 heterocycles. The molecule has 30 heavy (non-hydrogen) atoms. The molecular formula is C23H29NO6. The van der Waals surface area contributed by atoms with Crippen LogP contribution in [0, 0.1) is 5.41 Å². The van der Waals surface area contributed by atoms with Crippen LogP contribution in [0.4, 0.5) is 5.69 Å². The summed E-state index contributed by atoms with van der Waals surface area (Å²) >= 11 is 0. The predicted molar refractivity (Wildman–Crippen MR) is 114 cm³/mol. The number of methoxy groups -OCH3 is 4. The number of carbonyl (C=O) groups excluding carboxylic acids is 1. The molecule has 0 aromatic heterocycles. The lowest BCUT2D eigenvalue weighted by molar-refractivity contribution is -0.137. The van der Waals surface area contributed by atoms with E-state index in [4.69, 9.17) is 23.7 Å². The summed E-state index contributed by atoms with van der Waals surface area (Å²) in [6.45, 7) is 6.33. The van der Waals surface area contributed by atoms with E-state index in [1.54, 1.807) is 45.5 Å². The van der Waals surface area contributed by atoms with Crippen LogP contribution in [0.5, 0.6) is 28.7 Å². The SMILES string of the molecule is CCOc1cc([C@@H]2N(c3cc(OC)c(OC)c(OC)c3)C(=O)C2(C)C)ccc1OC. The molecule has 1 aliphatic rings. The van der Waals surface area contributed by atoms with Crippen molar-refractivity contribution in [2.24, 2.45) is 5.41 Å². The van der Waals surface area contributed by atoms with Gasteiger partial charge in [0.1, 0.15) is 0 Å². The lowest BCUT2D eigenvalue weighted by atomic mass is 9.70. The lowest BCUT2D eigenvalue weighted by Crippen LogP contribution is -2.61. The Morgan fingerprint density at radius 2 is 1.47 bits per heavy atom. The predicted octanol–water partition coefficient (Wildman–Crippen LogP) is 4.23. The Bertz CT molecular complexity index is 914. The van der Waals surface area contributed by atoms with E-state index in [0.717, 1.165) is 5.56 Å². The van der Waals surface area contributed by atoms with Gasteiger partial charge in [-0.25, -0.2) is 0 Å². The number of benzene rings is 2. The van der Waals surface area contributed by atoms with Gasteiger partial charge in [-0.3, -0.25) is 4.79 Å². The third kappa shape index (κ3) is 3.38. The highest BCUT2D eigenvalue weighted by atomic mass is 16.5. The second-order valence-corrected chi connectivity index (χ2v) is 7.53. The summed E-state index contributed by atoms with van der Waals surface area (Å²) in [6, 6.07) is 9.14. The van der Waals surface area contributed by atoms with Gasteiger partial charge in [0.25, 0.3) is 0 Å². The molecule has 0 spiro atoms. The van der Waals surface area contributed by atoms with Gasteiger partial charge in [0.2, 0.25) is 11.7 Å². The van der Waals surface area contributed by atoms with E-state index < -0.39 is 5.41 Å². The second-order valence-electron chi connectivity index (χ2n) is 7.53. The Hall–Kier alpha value is -3.09. The van der Waals surface area contributed by atoms with E-state index in [1.807, 2.05) is 39.0 Å². The normalized spacial score (nSPS) is 17.2. The fraction of sp³-hybridized carbons (Fsp3) is 0.435. The van der Waals surface area contributed by atoms with Crippen molar-refractivity contribution in [2.45, 2.75) is 26.8 Å². The molecule has 1 aliphatic heterocycles. The smallest absolute Gasteiger partial charge is 0.235 e. The van der Waals surface area contributed by atoms with E-state index in [1.165, 1.54) is 0 Å². The molecule has 162 valence electrons. The van der Waals surface area contributed by atoms with E-state index in [2.05, 4.69) is 0 Å². The first kappa shape index (κ1) is 21.6. The first-order valence-electron chi connectivity index (χ1n) is 9.78. The highest BCUT2D eigenvalue weighted by Crippen LogP contribution is 2.54. The van der Waals surface area contributed by atoms with Crippen LogP contribution in [0.3, 0.4) is 0 Å². The van der Waals surface area contributed by atoms with Crippen molar-refractivity contribution in [3.05, 3.63) is 35.9 Å². The molecule has 0 bridgehead atoms. The molecule has 7 heteroatoms. The number of rotatable bonds is 8. The number of hydrogen-bond donors (Lipinski definition) is 0. The van der Waals surface area contributed by atoms with Crippen LogP contribution in [0.2, 0.25) is 0 Å². The van der Waals surface area contributed by atoms with Crippen LogP contribution in [0.1, 0.15) is 32.4 Å². The number of ether oxygens (including phenoxy) is 5. The van der Waals surface area contributed by atoms with Crippen LogP contribution in [-0.4, -0.2) is 41.0 Å². The van der Waals surface area contributed by atoms with Gasteiger partial charge in [0.05, 0.1) is 52.2 Å². The Kier molecular flexibility index (Phi) is 6.01. The Balaban J connectivity index is 2.10. The first-order chi connectivity index (χ1) is 14.3. The van der Waals surface area contributed by atoms with E-state index in [0.29, 0.717) is 41.0 Å². The standard InChI is InChI=1S/C23H29NO6/c1-8-30-17-11-14(9-10-16(17)26-4)21-23(2,3)22(25)24(21)15-12-18(27-5)20(29-7)19(13-15)28-6/h9-13,21H,8H2,1-7H3/t21-/m0/s1. The van der Waals surface area contributed by atoms with Gasteiger partial charge in [-0.05, 0) is 38.5 Å². The maximum atomic E-state index is 13.1. The highest BCUT2D eigenvalue weighted by Gasteiger charge is 2.55. The van der Waals surface area contributed by atoms with Crippen molar-refractivity contribution < 1.29 is 28.5 Å². The summed E-state index contributed by atoms with van der Waals surface area (Å²) in [6.07, 6.45) is 0. The molecule has 2 aromatic carbocycles. The summed E-state index contributed by atoms with van der Waals surface area (Å²) in [5.74, 6) is 2.78. The monoisotopic (exact) mass is 415 g/mol. The topological polar surface area (TPSA) is 66.5 Å². The molecule has 0 saturated carbocycles. The summed E-state index contributed by atoms with van der Waals surface area (Å²) < 4.78 is 27.5. The third-order valence-electron chi connectivity index (χ3n) is 5.44. The number of carbonyl (C=O) groups is 1. The molecule has 2 aromatic rings. The molecular weight excluding hydrogens is 386 g/mol. The van der Waals surface area contributed by atoms with Crippen molar-refractivity contribution in [1.82, 2.24) is 0 Å². The molecule has 0 radical (unpaired) electrons. The second kappa shape index (κ2) is 8.34. The first-order valence-corrected chi connectivity index (χ1v) is 9.78. The molecule has 1 saturated heterocycles. The maximum absolute atomic E-state index is 13.1. The van der Waals surface area contributed by atoms with Crippen LogP contribution in [0.15, 0.2) is 30.3 Å². The van der Waals surface area contributed by atoms with Crippen molar-refractivity contribution in [3.63, 3.8) is 0 Å². The van der Waals surface area contributed by atoms with E-state index in [-0.39, 0.29) is 11.9 Å². The van der Waals surface area contributed by atoms with Crippen molar-refractivity contribution in [3.8, 4) is 28.7 Å². The third-order valence-corrected chi connectivity index (χ3v) is 5.44. The molecule has 7 nitrogen and oxygen atoms in total. The van der Waals surface area contributed by atoms with Gasteiger partial charge in [0.15, 0.2) is 23.0 Å². The number of β-lactam (4-membered cyclic amide) rings is 1. The molecule has 1 amide bonds. The minimum absolute atomic E-state index is 0.00977. The molecule has 1 fully saturated rings. The summed E-state index contributed by atoms with van der Waals surface area (Å²) in [4.78, 5) is 14.9. The Morgan fingerprint density at radius 1 is 0.867 bits per heavy atom. The van der Waals surface area contributed by atoms with Gasteiger partial charge in [-0.2, -0.15) is 0 Å². The molecule has 0 N–H and O–H groups in total. The van der Waals surface area contributed by atoms with Crippen LogP contribution in [0.25, 0.3) is 0 Å². The van der Waals surface area contributed by atoms with Gasteiger partial charge in [-0.1, -0.05) is 6.07 Å². The Morgan fingerprint density at radius 3 is 1.97 bits per heavy atom. The quantitative estimate of drug-likeness (QED) is 0.601. The zero-order valence-corrected chi connectivity index (χ0v) is 18.6. The van der Waals surface area contributed by atoms with Crippen molar-refractivity contribution >= 4 is 11.6 Å². The van der Waals surface area contributed by atoms with E-state index >= 15 is 0 Å². The molecule has 3 rings (SSSR count). The largest absolute Gasteiger partial charge is 0.493 e. The van der Waals surface area contributed by atoms with Crippen LogP contribution >= 0.6 is 0 Å². The van der Waals surface area contributed by atoms with Crippen molar-refractivity contribution in [1.29, 1.82) is 0 Å². The average Bonchev–Trinajstić information content (AvgIpc) is 2.75. The van der Waals surface area contributed by atoms with Crippen LogP contribution < -0.4 is 28.6 Å². The summed E-state index contributed by atoms with van der Waals surface area (Å²) in [5.41, 5.74) is 1.04.